The maximum absolute atomic E-state index is 12.8. The van der Waals surface area contributed by atoms with Gasteiger partial charge in [0, 0.05) is 36.2 Å². The molecule has 0 saturated heterocycles. The van der Waals surface area contributed by atoms with Gasteiger partial charge in [-0.05, 0) is 29.3 Å². The maximum atomic E-state index is 12.8. The summed E-state index contributed by atoms with van der Waals surface area (Å²) in [4.78, 5) is 19.3. The van der Waals surface area contributed by atoms with Crippen LogP contribution in [0.3, 0.4) is 0 Å². The lowest BCUT2D eigenvalue weighted by atomic mass is 10.1. The number of carbonyl (C=O) groups excluding carboxylic acids is 1. The smallest absolute Gasteiger partial charge is 0.302 e. The zero-order chi connectivity index (χ0) is 24.3. The van der Waals surface area contributed by atoms with Gasteiger partial charge in [0.2, 0.25) is 6.41 Å². The summed E-state index contributed by atoms with van der Waals surface area (Å²) < 4.78 is 41.6. The van der Waals surface area contributed by atoms with Crippen molar-refractivity contribution >= 4 is 18.0 Å². The molecule has 0 aliphatic rings. The number of imidazole rings is 1. The van der Waals surface area contributed by atoms with Gasteiger partial charge >= 0.3 is 6.18 Å². The summed E-state index contributed by atoms with van der Waals surface area (Å²) in [6.45, 7) is -0.0941. The Balaban J connectivity index is 1.80. The number of aryl methyl sites for hydroxylation is 1. The Morgan fingerprint density at radius 2 is 1.91 bits per heavy atom. The van der Waals surface area contributed by atoms with Crippen molar-refractivity contribution in [1.29, 1.82) is 0 Å². The molecule has 0 saturated carbocycles. The van der Waals surface area contributed by atoms with Crippen LogP contribution < -0.4 is 5.49 Å². The maximum Gasteiger partial charge on any atom is 0.433 e. The first kappa shape index (κ1) is 23.2. The predicted molar refractivity (Wildman–Crippen MR) is 117 cm³/mol. The first-order chi connectivity index (χ1) is 16.3. The van der Waals surface area contributed by atoms with E-state index in [1.54, 1.807) is 48.7 Å². The van der Waals surface area contributed by atoms with Crippen molar-refractivity contribution in [3.05, 3.63) is 89.3 Å². The van der Waals surface area contributed by atoms with Crippen LogP contribution >= 0.6 is 11.6 Å². The monoisotopic (exact) mass is 487 g/mol. The lowest BCUT2D eigenvalue weighted by molar-refractivity contribution is -0.141. The van der Waals surface area contributed by atoms with Crippen LogP contribution in [0.4, 0.5) is 13.2 Å². The summed E-state index contributed by atoms with van der Waals surface area (Å²) in [6.07, 6.45) is 3.55. The van der Waals surface area contributed by atoms with E-state index >= 15 is 0 Å². The summed E-state index contributed by atoms with van der Waals surface area (Å²) in [7, 11) is 1.66. The molecule has 0 radical (unpaired) electrons. The predicted octanol–water partition coefficient (Wildman–Crippen LogP) is 3.81. The molecule has 34 heavy (non-hydrogen) atoms. The Kier molecular flexibility index (Phi) is 6.46. The molecule has 4 aromatic rings. The standard InChI is InChI=1S/C22H17ClF3N7O/c1-31-21(30-33(14-34)12-15-2-7-19(28-10-15)22(24,25)26)20(32-9-8-27-13-32)18(11-29-31)16-3-5-17(23)6-4-16/h2-11,13-14H,12H2,1H3/b30-21-. The normalized spacial score (nSPS) is 12.1. The number of benzene rings is 1. The van der Waals surface area contributed by atoms with Crippen molar-refractivity contribution in [1.82, 2.24) is 29.3 Å². The van der Waals surface area contributed by atoms with Crippen LogP contribution in [0.25, 0.3) is 16.8 Å². The van der Waals surface area contributed by atoms with Gasteiger partial charge in [-0.25, -0.2) is 14.7 Å². The van der Waals surface area contributed by atoms with Gasteiger partial charge in [-0.2, -0.15) is 18.3 Å². The van der Waals surface area contributed by atoms with Crippen molar-refractivity contribution in [2.24, 2.45) is 12.1 Å². The highest BCUT2D eigenvalue weighted by atomic mass is 35.5. The Morgan fingerprint density at radius 3 is 2.50 bits per heavy atom. The Hall–Kier alpha value is -3.99. The van der Waals surface area contributed by atoms with Gasteiger partial charge in [0.1, 0.15) is 11.4 Å². The molecular weight excluding hydrogens is 471 g/mol. The fourth-order valence-electron chi connectivity index (χ4n) is 3.22. The number of nitrogens with zero attached hydrogens (tertiary/aromatic N) is 7. The molecule has 0 aliphatic heterocycles. The van der Waals surface area contributed by atoms with Crippen LogP contribution in [0.1, 0.15) is 11.3 Å². The zero-order valence-corrected chi connectivity index (χ0v) is 18.4. The minimum Gasteiger partial charge on any atom is -0.302 e. The minimum absolute atomic E-state index is 0.0941. The second kappa shape index (κ2) is 9.48. The third-order valence-electron chi connectivity index (χ3n) is 4.86. The average molecular weight is 488 g/mol. The molecule has 0 spiro atoms. The van der Waals surface area contributed by atoms with Crippen molar-refractivity contribution in [2.75, 3.05) is 0 Å². The van der Waals surface area contributed by atoms with Crippen LogP contribution in [0, 0.1) is 0 Å². The van der Waals surface area contributed by atoms with E-state index in [-0.39, 0.29) is 6.54 Å². The molecule has 0 aliphatic carbocycles. The molecular formula is C22H17ClF3N7O. The number of pyridine rings is 1. The van der Waals surface area contributed by atoms with E-state index in [0.29, 0.717) is 33.7 Å². The highest BCUT2D eigenvalue weighted by Gasteiger charge is 2.32. The summed E-state index contributed by atoms with van der Waals surface area (Å²) in [5.41, 5.74) is 1.78. The fraction of sp³-hybridized carbons (Fsp3) is 0.136. The highest BCUT2D eigenvalue weighted by Crippen LogP contribution is 2.27. The molecule has 8 nitrogen and oxygen atoms in total. The molecule has 3 heterocycles. The van der Waals surface area contributed by atoms with Crippen LogP contribution in [0.15, 0.2) is 72.6 Å². The topological polar surface area (TPSA) is 81.2 Å². The molecule has 3 aromatic heterocycles. The molecule has 174 valence electrons. The SMILES string of the molecule is Cn1ncc(-c2ccc(Cl)cc2)c(-n2ccnc2)/c1=N/N(C=O)Cc1ccc(C(F)(F)F)nc1. The summed E-state index contributed by atoms with van der Waals surface area (Å²) in [5.74, 6) is 0. The largest absolute Gasteiger partial charge is 0.433 e. The van der Waals surface area contributed by atoms with E-state index in [4.69, 9.17) is 11.6 Å². The third-order valence-corrected chi connectivity index (χ3v) is 5.11. The minimum atomic E-state index is -4.55. The van der Waals surface area contributed by atoms with Gasteiger partial charge in [0.25, 0.3) is 0 Å². The van der Waals surface area contributed by atoms with E-state index in [0.717, 1.165) is 22.8 Å². The Morgan fingerprint density at radius 1 is 1.15 bits per heavy atom. The number of hydrogen-bond donors (Lipinski definition) is 0. The van der Waals surface area contributed by atoms with Crippen molar-refractivity contribution in [3.63, 3.8) is 0 Å². The van der Waals surface area contributed by atoms with Crippen molar-refractivity contribution in [3.8, 4) is 16.8 Å². The number of amides is 1. The quantitative estimate of drug-likeness (QED) is 0.306. The zero-order valence-electron chi connectivity index (χ0n) is 17.7. The molecule has 1 aromatic carbocycles. The lowest BCUT2D eigenvalue weighted by Gasteiger charge is -2.16. The molecule has 0 unspecified atom stereocenters. The van der Waals surface area contributed by atoms with Crippen molar-refractivity contribution in [2.45, 2.75) is 12.7 Å². The number of aromatic nitrogens is 5. The van der Waals surface area contributed by atoms with Gasteiger partial charge in [-0.3, -0.25) is 9.78 Å². The second-order valence-corrected chi connectivity index (χ2v) is 7.62. The van der Waals surface area contributed by atoms with Gasteiger partial charge in [0.05, 0.1) is 19.1 Å². The first-order valence-corrected chi connectivity index (χ1v) is 10.2. The van der Waals surface area contributed by atoms with Gasteiger partial charge in [-0.15, -0.1) is 5.10 Å². The summed E-state index contributed by atoms with van der Waals surface area (Å²) in [5, 5.41) is 10.4. The van der Waals surface area contributed by atoms with Crippen LogP contribution in [0.5, 0.6) is 0 Å². The first-order valence-electron chi connectivity index (χ1n) is 9.85. The van der Waals surface area contributed by atoms with Crippen LogP contribution in [0.2, 0.25) is 5.02 Å². The fourth-order valence-corrected chi connectivity index (χ4v) is 3.35. The molecule has 0 atom stereocenters. The van der Waals surface area contributed by atoms with Crippen LogP contribution in [-0.2, 0) is 24.6 Å². The second-order valence-electron chi connectivity index (χ2n) is 7.18. The van der Waals surface area contributed by atoms with E-state index in [1.807, 2.05) is 12.1 Å². The van der Waals surface area contributed by atoms with Gasteiger partial charge in [-0.1, -0.05) is 29.8 Å². The highest BCUT2D eigenvalue weighted by molar-refractivity contribution is 6.30. The number of halogens is 4. The van der Waals surface area contributed by atoms with E-state index in [9.17, 15) is 18.0 Å². The molecule has 0 N–H and O–H groups in total. The average Bonchev–Trinajstić information content (AvgIpc) is 3.34. The van der Waals surface area contributed by atoms with Crippen LogP contribution in [-0.4, -0.2) is 35.7 Å². The van der Waals surface area contributed by atoms with Gasteiger partial charge in [0.15, 0.2) is 5.49 Å². The van der Waals surface area contributed by atoms with E-state index in [1.165, 1.54) is 10.7 Å². The molecule has 4 rings (SSSR count). The number of carbonyl (C=O) groups is 1. The number of rotatable bonds is 6. The Labute approximate surface area is 196 Å². The van der Waals surface area contributed by atoms with E-state index in [2.05, 4.69) is 20.2 Å². The number of hydrogen-bond acceptors (Lipinski definition) is 5. The molecule has 1 amide bonds. The number of alkyl halides is 3. The third kappa shape index (κ3) is 4.99. The molecule has 12 heteroatoms. The summed E-state index contributed by atoms with van der Waals surface area (Å²) >= 11 is 6.03. The van der Waals surface area contributed by atoms with Gasteiger partial charge < -0.3 is 4.57 Å². The summed E-state index contributed by atoms with van der Waals surface area (Å²) in [6, 6.07) is 9.25. The molecule has 0 bridgehead atoms. The van der Waals surface area contributed by atoms with Crippen molar-refractivity contribution < 1.29 is 18.0 Å². The lowest BCUT2D eigenvalue weighted by Crippen LogP contribution is -2.30. The Bertz CT molecular complexity index is 1350. The van der Waals surface area contributed by atoms with E-state index < -0.39 is 11.9 Å². The molecule has 0 fully saturated rings.